The Hall–Kier alpha value is -3.46. The number of ether oxygens (including phenoxy) is 1. The van der Waals surface area contributed by atoms with Crippen LogP contribution in [-0.2, 0) is 21.2 Å². The lowest BCUT2D eigenvalue weighted by molar-refractivity contribution is -0.122. The molecule has 1 atom stereocenters. The minimum absolute atomic E-state index is 0.0120. The second-order valence-electron chi connectivity index (χ2n) is 7.35. The summed E-state index contributed by atoms with van der Waals surface area (Å²) in [6.45, 7) is 7.22. The fraction of sp³-hybridized carbons (Fsp3) is 0.261. The van der Waals surface area contributed by atoms with Crippen LogP contribution in [0.4, 0.5) is 11.6 Å². The highest BCUT2D eigenvalue weighted by Crippen LogP contribution is 2.19. The smallest absolute Gasteiger partial charge is 0.265 e. The summed E-state index contributed by atoms with van der Waals surface area (Å²) in [6, 6.07) is 15.2. The Morgan fingerprint density at radius 3 is 2.31 bits per heavy atom. The normalized spacial score (nSPS) is 12.1. The molecule has 8 nitrogen and oxygen atoms in total. The maximum atomic E-state index is 12.6. The molecule has 2 aromatic carbocycles. The van der Waals surface area contributed by atoms with Crippen molar-refractivity contribution in [1.82, 2.24) is 9.97 Å². The number of benzene rings is 2. The van der Waals surface area contributed by atoms with Crippen molar-refractivity contribution in [2.24, 2.45) is 0 Å². The van der Waals surface area contributed by atoms with Crippen LogP contribution >= 0.6 is 0 Å². The first-order chi connectivity index (χ1) is 15.2. The van der Waals surface area contributed by atoms with Crippen molar-refractivity contribution < 1.29 is 17.9 Å². The number of rotatable bonds is 8. The van der Waals surface area contributed by atoms with Crippen LogP contribution in [-0.4, -0.2) is 30.4 Å². The molecule has 0 saturated carbocycles. The van der Waals surface area contributed by atoms with E-state index in [-0.39, 0.29) is 16.8 Å². The fourth-order valence-corrected chi connectivity index (χ4v) is 3.95. The summed E-state index contributed by atoms with van der Waals surface area (Å²) in [5.74, 6) is 0.287. The number of hydrogen-bond donors (Lipinski definition) is 2. The Morgan fingerprint density at radius 1 is 1.03 bits per heavy atom. The molecular formula is C23H26N4O4S. The molecule has 0 aliphatic rings. The third kappa shape index (κ3) is 6.04. The van der Waals surface area contributed by atoms with Crippen molar-refractivity contribution in [3.63, 3.8) is 0 Å². The minimum Gasteiger partial charge on any atom is -0.481 e. The monoisotopic (exact) mass is 454 g/mol. The van der Waals surface area contributed by atoms with Gasteiger partial charge in [-0.1, -0.05) is 19.1 Å². The Kier molecular flexibility index (Phi) is 7.09. The Bertz CT molecular complexity index is 1190. The molecule has 0 aliphatic carbocycles. The van der Waals surface area contributed by atoms with E-state index in [1.54, 1.807) is 32.9 Å². The highest BCUT2D eigenvalue weighted by Gasteiger charge is 2.18. The third-order valence-corrected chi connectivity index (χ3v) is 5.97. The van der Waals surface area contributed by atoms with Gasteiger partial charge in [0.15, 0.2) is 6.10 Å². The van der Waals surface area contributed by atoms with Crippen LogP contribution in [0.1, 0.15) is 30.8 Å². The van der Waals surface area contributed by atoms with Crippen molar-refractivity contribution >= 4 is 27.6 Å². The Morgan fingerprint density at radius 2 is 1.69 bits per heavy atom. The van der Waals surface area contributed by atoms with Gasteiger partial charge in [-0.05, 0) is 75.2 Å². The van der Waals surface area contributed by atoms with Crippen LogP contribution in [0.5, 0.6) is 5.75 Å². The lowest BCUT2D eigenvalue weighted by atomic mass is 10.2. The highest BCUT2D eigenvalue weighted by atomic mass is 32.2. The summed E-state index contributed by atoms with van der Waals surface area (Å²) in [7, 11) is -3.87. The fourth-order valence-electron chi connectivity index (χ4n) is 3.01. The standard InChI is InChI=1S/C23H26N4O4S/c1-5-18-7-6-8-20(14-18)31-17(4)22(28)26-19-9-11-21(12-10-19)32(29,30)27-23-24-15(2)13-16(3)25-23/h6-14,17H,5H2,1-4H3,(H,26,28)(H,24,25,27). The summed E-state index contributed by atoms with van der Waals surface area (Å²) < 4.78 is 33.3. The molecule has 0 fully saturated rings. The van der Waals surface area contributed by atoms with Gasteiger partial charge in [0.25, 0.3) is 15.9 Å². The maximum absolute atomic E-state index is 12.6. The summed E-state index contributed by atoms with van der Waals surface area (Å²) in [5, 5.41) is 2.73. The average Bonchev–Trinajstić information content (AvgIpc) is 2.73. The molecule has 2 N–H and O–H groups in total. The summed E-state index contributed by atoms with van der Waals surface area (Å²) in [6.07, 6.45) is 0.145. The van der Waals surface area contributed by atoms with Crippen LogP contribution in [0.15, 0.2) is 59.5 Å². The van der Waals surface area contributed by atoms with Gasteiger partial charge in [-0.3, -0.25) is 4.79 Å². The van der Waals surface area contributed by atoms with E-state index in [2.05, 4.69) is 20.0 Å². The first kappa shape index (κ1) is 23.2. The van der Waals surface area contributed by atoms with Crippen LogP contribution in [0, 0.1) is 13.8 Å². The molecule has 168 valence electrons. The van der Waals surface area contributed by atoms with E-state index >= 15 is 0 Å². The predicted octanol–water partition coefficient (Wildman–Crippen LogP) is 3.86. The third-order valence-electron chi connectivity index (χ3n) is 4.63. The van der Waals surface area contributed by atoms with Crippen molar-refractivity contribution in [1.29, 1.82) is 0 Å². The number of carbonyl (C=O) groups excluding carboxylic acids is 1. The number of amides is 1. The maximum Gasteiger partial charge on any atom is 0.265 e. The molecule has 9 heteroatoms. The Balaban J connectivity index is 1.64. The quantitative estimate of drug-likeness (QED) is 0.535. The second-order valence-corrected chi connectivity index (χ2v) is 9.04. The molecule has 0 bridgehead atoms. The predicted molar refractivity (Wildman–Crippen MR) is 123 cm³/mol. The van der Waals surface area contributed by atoms with E-state index in [4.69, 9.17) is 4.74 Å². The molecule has 0 radical (unpaired) electrons. The van der Waals surface area contributed by atoms with Crippen molar-refractivity contribution in [2.75, 3.05) is 10.0 Å². The topological polar surface area (TPSA) is 110 Å². The number of nitrogens with zero attached hydrogens (tertiary/aromatic N) is 2. The molecule has 0 spiro atoms. The van der Waals surface area contributed by atoms with E-state index in [0.29, 0.717) is 22.8 Å². The molecular weight excluding hydrogens is 428 g/mol. The van der Waals surface area contributed by atoms with E-state index in [0.717, 1.165) is 12.0 Å². The molecule has 1 aromatic heterocycles. The Labute approximate surface area is 188 Å². The lowest BCUT2D eigenvalue weighted by Gasteiger charge is -2.15. The molecule has 1 heterocycles. The van der Waals surface area contributed by atoms with E-state index in [1.807, 2.05) is 25.1 Å². The molecule has 1 unspecified atom stereocenters. The largest absolute Gasteiger partial charge is 0.481 e. The van der Waals surface area contributed by atoms with Crippen LogP contribution in [0.25, 0.3) is 0 Å². The van der Waals surface area contributed by atoms with Gasteiger partial charge in [0.2, 0.25) is 5.95 Å². The number of aromatic nitrogens is 2. The molecule has 3 rings (SSSR count). The van der Waals surface area contributed by atoms with Crippen LogP contribution < -0.4 is 14.8 Å². The molecule has 3 aromatic rings. The zero-order valence-electron chi connectivity index (χ0n) is 18.4. The molecule has 1 amide bonds. The summed E-state index contributed by atoms with van der Waals surface area (Å²) in [5.41, 5.74) is 2.89. The van der Waals surface area contributed by atoms with E-state index in [9.17, 15) is 13.2 Å². The first-order valence-corrected chi connectivity index (χ1v) is 11.7. The second kappa shape index (κ2) is 9.78. The molecule has 0 saturated heterocycles. The lowest BCUT2D eigenvalue weighted by Crippen LogP contribution is -2.30. The van der Waals surface area contributed by atoms with Crippen molar-refractivity contribution in [3.8, 4) is 5.75 Å². The van der Waals surface area contributed by atoms with Gasteiger partial charge in [-0.15, -0.1) is 0 Å². The minimum atomic E-state index is -3.87. The molecule has 0 aliphatic heterocycles. The van der Waals surface area contributed by atoms with Gasteiger partial charge in [0.1, 0.15) is 5.75 Å². The SMILES string of the molecule is CCc1cccc(OC(C)C(=O)Nc2ccc(S(=O)(=O)Nc3nc(C)cc(C)n3)cc2)c1. The number of anilines is 2. The summed E-state index contributed by atoms with van der Waals surface area (Å²) >= 11 is 0. The zero-order valence-corrected chi connectivity index (χ0v) is 19.2. The van der Waals surface area contributed by atoms with Gasteiger partial charge in [0.05, 0.1) is 4.90 Å². The zero-order chi connectivity index (χ0) is 23.3. The number of nitrogens with one attached hydrogen (secondary N) is 2. The number of aryl methyl sites for hydroxylation is 3. The van der Waals surface area contributed by atoms with Gasteiger partial charge >= 0.3 is 0 Å². The van der Waals surface area contributed by atoms with Gasteiger partial charge in [-0.25, -0.2) is 23.1 Å². The summed E-state index contributed by atoms with van der Waals surface area (Å²) in [4.78, 5) is 20.7. The van der Waals surface area contributed by atoms with Gasteiger partial charge < -0.3 is 10.1 Å². The van der Waals surface area contributed by atoms with Gasteiger partial charge in [-0.2, -0.15) is 0 Å². The van der Waals surface area contributed by atoms with Crippen LogP contribution in [0.3, 0.4) is 0 Å². The molecule has 32 heavy (non-hydrogen) atoms. The van der Waals surface area contributed by atoms with Gasteiger partial charge in [0, 0.05) is 17.1 Å². The van der Waals surface area contributed by atoms with Crippen molar-refractivity contribution in [3.05, 3.63) is 71.5 Å². The number of hydrogen-bond acceptors (Lipinski definition) is 6. The first-order valence-electron chi connectivity index (χ1n) is 10.2. The number of carbonyl (C=O) groups is 1. The number of sulfonamides is 1. The average molecular weight is 455 g/mol. The van der Waals surface area contributed by atoms with E-state index in [1.165, 1.54) is 24.3 Å². The van der Waals surface area contributed by atoms with E-state index < -0.39 is 16.1 Å². The van der Waals surface area contributed by atoms with Crippen LogP contribution in [0.2, 0.25) is 0 Å². The highest BCUT2D eigenvalue weighted by molar-refractivity contribution is 7.92. The van der Waals surface area contributed by atoms with Crippen molar-refractivity contribution in [2.45, 2.75) is 45.1 Å².